The third kappa shape index (κ3) is 6.68. The molecule has 4 aliphatic heterocycles. The molecule has 4 aromatic rings. The number of aliphatic hydroxyl groups excluding tert-OH is 1. The van der Waals surface area contributed by atoms with E-state index in [0.717, 1.165) is 61.8 Å². The summed E-state index contributed by atoms with van der Waals surface area (Å²) in [6, 6.07) is 10.9. The first-order chi connectivity index (χ1) is 28.3. The standard InChI is InChI=1S/C42H47ClF2N10O4/c1-21-16-41(13-12-29(21)47-24-6-8-25-31(15-24)54(3)52-33(25)26-9-11-32(56)49-38(26)57)18-55(19-41)40-46-17-28(43)37(51-40)48-23-7-10-30-27(14-23)34-35(39(58)53(30)2)59-20-42(44,45)36(50-34)22-4-5-22/h6-8,10,14-15,17,21-22,26,29,36,39,47,50,58H,4-5,9,11-13,16,18-20H2,1-3H3,(H,46,48,51)(H,49,56,57)/t21-,26?,29+,36-,39?/m0/s1. The van der Waals surface area contributed by atoms with Crippen molar-refractivity contribution in [3.05, 3.63) is 64.6 Å². The van der Waals surface area contributed by atoms with Crippen molar-refractivity contribution in [3.63, 3.8) is 0 Å². The van der Waals surface area contributed by atoms with Gasteiger partial charge in [-0.2, -0.15) is 10.1 Å². The largest absolute Gasteiger partial charge is 0.485 e. The van der Waals surface area contributed by atoms with E-state index in [4.69, 9.17) is 26.4 Å². The first-order valence-electron chi connectivity index (χ1n) is 20.4. The first kappa shape index (κ1) is 38.0. The van der Waals surface area contributed by atoms with Gasteiger partial charge in [-0.1, -0.05) is 18.5 Å². The van der Waals surface area contributed by atoms with Gasteiger partial charge in [0.25, 0.3) is 0 Å². The van der Waals surface area contributed by atoms with Crippen LogP contribution in [0.1, 0.15) is 69.0 Å². The highest BCUT2D eigenvalue weighted by Crippen LogP contribution is 2.49. The second kappa shape index (κ2) is 13.9. The van der Waals surface area contributed by atoms with E-state index in [1.807, 2.05) is 36.0 Å². The molecular formula is C42H47ClF2N10O4. The van der Waals surface area contributed by atoms with E-state index < -0.39 is 30.7 Å². The average Bonchev–Trinajstić information content (AvgIpc) is 4.00. The van der Waals surface area contributed by atoms with Crippen LogP contribution in [0.2, 0.25) is 5.02 Å². The van der Waals surface area contributed by atoms with E-state index in [0.29, 0.717) is 69.9 Å². The summed E-state index contributed by atoms with van der Waals surface area (Å²) in [5.74, 6) is -2.71. The molecule has 59 heavy (non-hydrogen) atoms. The number of likely N-dealkylation sites (N-methyl/N-ethyl adjacent to an activating group) is 1. The maximum Gasteiger partial charge on any atom is 0.301 e. The smallest absolute Gasteiger partial charge is 0.301 e. The Labute approximate surface area is 344 Å². The van der Waals surface area contributed by atoms with Crippen molar-refractivity contribution in [1.29, 1.82) is 0 Å². The molecular weight excluding hydrogens is 782 g/mol. The number of piperidine rings is 1. The number of carbonyl (C=O) groups is 2. The van der Waals surface area contributed by atoms with Crippen molar-refractivity contribution >= 4 is 68.8 Å². The van der Waals surface area contributed by atoms with E-state index in [-0.39, 0.29) is 28.9 Å². The summed E-state index contributed by atoms with van der Waals surface area (Å²) in [6.45, 7) is 3.17. The van der Waals surface area contributed by atoms with E-state index in [1.54, 1.807) is 18.1 Å². The van der Waals surface area contributed by atoms with E-state index in [9.17, 15) is 14.7 Å². The molecule has 1 spiro atoms. The van der Waals surface area contributed by atoms with Crippen LogP contribution in [0.25, 0.3) is 16.6 Å². The molecule has 310 valence electrons. The molecule has 2 aromatic carbocycles. The topological polar surface area (TPSA) is 162 Å². The molecule has 17 heteroatoms. The lowest BCUT2D eigenvalue weighted by Gasteiger charge is -2.55. The molecule has 6 aliphatic rings. The molecule has 2 saturated carbocycles. The van der Waals surface area contributed by atoms with Gasteiger partial charge in [0.2, 0.25) is 17.8 Å². The molecule has 14 nitrogen and oxygen atoms in total. The number of imide groups is 1. The van der Waals surface area contributed by atoms with Crippen molar-refractivity contribution in [2.45, 2.75) is 82.0 Å². The van der Waals surface area contributed by atoms with Crippen LogP contribution in [-0.2, 0) is 21.4 Å². The van der Waals surface area contributed by atoms with Gasteiger partial charge in [-0.05, 0) is 86.8 Å². The highest BCUT2D eigenvalue weighted by Gasteiger charge is 2.53. The Morgan fingerprint density at radius 2 is 1.85 bits per heavy atom. The van der Waals surface area contributed by atoms with Gasteiger partial charge in [0.15, 0.2) is 24.4 Å². The molecule has 2 amide bonds. The van der Waals surface area contributed by atoms with E-state index in [2.05, 4.69) is 50.2 Å². The lowest BCUT2D eigenvalue weighted by molar-refractivity contribution is -0.134. The van der Waals surface area contributed by atoms with Gasteiger partial charge in [-0.25, -0.2) is 13.8 Å². The van der Waals surface area contributed by atoms with Gasteiger partial charge in [0.05, 0.1) is 35.1 Å². The molecule has 0 bridgehead atoms. The highest BCUT2D eigenvalue weighted by molar-refractivity contribution is 6.33. The number of benzene rings is 2. The summed E-state index contributed by atoms with van der Waals surface area (Å²) >= 11 is 6.64. The number of hydrogen-bond donors (Lipinski definition) is 5. The zero-order valence-electron chi connectivity index (χ0n) is 33.1. The van der Waals surface area contributed by atoms with Crippen LogP contribution in [0.15, 0.2) is 48.4 Å². The quantitative estimate of drug-likeness (QED) is 0.142. The highest BCUT2D eigenvalue weighted by atomic mass is 35.5. The summed E-state index contributed by atoms with van der Waals surface area (Å²) in [7, 11) is 3.59. The van der Waals surface area contributed by atoms with Crippen molar-refractivity contribution in [2.75, 3.05) is 47.2 Å². The summed E-state index contributed by atoms with van der Waals surface area (Å²) in [6.07, 6.45) is 5.71. The maximum atomic E-state index is 15.2. The predicted molar refractivity (Wildman–Crippen MR) is 220 cm³/mol. The Morgan fingerprint density at radius 1 is 1.05 bits per heavy atom. The minimum absolute atomic E-state index is 0.0847. The van der Waals surface area contributed by atoms with Gasteiger partial charge in [0.1, 0.15) is 5.02 Å². The van der Waals surface area contributed by atoms with Gasteiger partial charge in [-0.15, -0.1) is 0 Å². The van der Waals surface area contributed by atoms with Crippen LogP contribution in [0.3, 0.4) is 0 Å². The van der Waals surface area contributed by atoms with Crippen LogP contribution in [0.4, 0.5) is 37.6 Å². The number of fused-ring (bicyclic) bond motifs is 3. The number of anilines is 5. The molecule has 4 fully saturated rings. The van der Waals surface area contributed by atoms with Crippen LogP contribution in [0.5, 0.6) is 0 Å². The molecule has 0 radical (unpaired) electrons. The number of amides is 2. The molecule has 5 N–H and O–H groups in total. The number of carbonyl (C=O) groups excluding carboxylic acids is 2. The van der Waals surface area contributed by atoms with Crippen LogP contribution in [-0.4, -0.2) is 87.6 Å². The minimum Gasteiger partial charge on any atom is -0.485 e. The fraction of sp³-hybridized carbons (Fsp3) is 0.500. The molecule has 2 unspecified atom stereocenters. The number of aromatic nitrogens is 4. The third-order valence-electron chi connectivity index (χ3n) is 13.3. The number of ether oxygens (including phenoxy) is 1. The number of alkyl halides is 2. The number of nitrogens with zero attached hydrogens (tertiary/aromatic N) is 6. The number of rotatable bonds is 7. The van der Waals surface area contributed by atoms with E-state index >= 15 is 8.78 Å². The monoisotopic (exact) mass is 828 g/mol. The minimum atomic E-state index is -3.09. The Hall–Kier alpha value is -5.22. The SMILES string of the molecule is C[C@H]1CC2(CC[C@H]1Nc1ccc3c(C4CCC(=O)NC4=O)nn(C)c3c1)CN(c1ncc(Cl)c(Nc3ccc4c(c3)C3=C(OCC(F)(F)[C@H](C5CC5)N3)C(O)N4C)n1)C2. The van der Waals surface area contributed by atoms with Crippen LogP contribution < -0.4 is 31.1 Å². The van der Waals surface area contributed by atoms with Gasteiger partial charge in [-0.3, -0.25) is 19.6 Å². The molecule has 2 saturated heterocycles. The second-order valence-corrected chi connectivity index (χ2v) is 17.9. The summed E-state index contributed by atoms with van der Waals surface area (Å²) in [5.41, 5.74) is 5.13. The zero-order valence-corrected chi connectivity index (χ0v) is 33.8. The second-order valence-electron chi connectivity index (χ2n) is 17.5. The van der Waals surface area contributed by atoms with Crippen molar-refractivity contribution in [3.8, 4) is 0 Å². The Balaban J connectivity index is 0.801. The predicted octanol–water partition coefficient (Wildman–Crippen LogP) is 5.86. The first-order valence-corrected chi connectivity index (χ1v) is 20.8. The number of aliphatic hydroxyl groups is 1. The molecule has 10 rings (SSSR count). The molecule has 2 aliphatic carbocycles. The Morgan fingerprint density at radius 3 is 2.61 bits per heavy atom. The van der Waals surface area contributed by atoms with Gasteiger partial charge < -0.3 is 35.6 Å². The fourth-order valence-electron chi connectivity index (χ4n) is 10.0. The average molecular weight is 829 g/mol. The summed E-state index contributed by atoms with van der Waals surface area (Å²) in [5, 5.41) is 29.7. The van der Waals surface area contributed by atoms with Crippen LogP contribution in [0, 0.1) is 17.3 Å². The summed E-state index contributed by atoms with van der Waals surface area (Å²) < 4.78 is 37.8. The fourth-order valence-corrected chi connectivity index (χ4v) is 10.2. The van der Waals surface area contributed by atoms with Crippen molar-refractivity contribution in [1.82, 2.24) is 30.4 Å². The maximum absolute atomic E-state index is 15.2. The summed E-state index contributed by atoms with van der Waals surface area (Å²) in [4.78, 5) is 37.5. The zero-order chi connectivity index (χ0) is 41.0. The number of nitrogens with one attached hydrogen (secondary N) is 4. The van der Waals surface area contributed by atoms with Crippen LogP contribution >= 0.6 is 11.6 Å². The Bertz CT molecular complexity index is 2420. The Kier molecular flexibility index (Phi) is 8.98. The van der Waals surface area contributed by atoms with E-state index in [1.165, 1.54) is 0 Å². The number of halogens is 3. The van der Waals surface area contributed by atoms with Crippen molar-refractivity contribution < 1.29 is 28.2 Å². The third-order valence-corrected chi connectivity index (χ3v) is 13.6. The number of aryl methyl sites for hydroxylation is 1. The van der Waals surface area contributed by atoms with Gasteiger partial charge in [0, 0.05) is 73.1 Å². The lowest BCUT2D eigenvalue weighted by atomic mass is 9.64. The number of hydrogen-bond acceptors (Lipinski definition) is 12. The van der Waals surface area contributed by atoms with Gasteiger partial charge >= 0.3 is 5.92 Å². The van der Waals surface area contributed by atoms with Crippen molar-refractivity contribution in [2.24, 2.45) is 24.3 Å². The molecule has 6 heterocycles. The lowest BCUT2D eigenvalue weighted by Crippen LogP contribution is -2.60. The molecule has 5 atom stereocenters. The molecule has 2 aromatic heterocycles. The normalized spacial score (nSPS) is 27.3.